The molecular weight excluding hydrogens is 412 g/mol. The van der Waals surface area contributed by atoms with Crippen molar-refractivity contribution in [3.63, 3.8) is 0 Å². The number of fused-ring (bicyclic) bond motifs is 2. The monoisotopic (exact) mass is 434 g/mol. The summed E-state index contributed by atoms with van der Waals surface area (Å²) in [5.74, 6) is -0.0507. The molecule has 3 aliphatic heterocycles. The average Bonchev–Trinajstić information content (AvgIpc) is 3.04. The molecule has 8 nitrogen and oxygen atoms in total. The van der Waals surface area contributed by atoms with Gasteiger partial charge in [0.15, 0.2) is 5.78 Å². The first-order valence-electron chi connectivity index (χ1n) is 10.5. The number of Topliss-reactive ketones (excluding diaryl/α,β-unsaturated/α-hetero) is 1. The fourth-order valence-corrected chi connectivity index (χ4v) is 4.66. The van der Waals surface area contributed by atoms with Gasteiger partial charge in [-0.1, -0.05) is 12.1 Å². The molecule has 3 amide bonds. The maximum atomic E-state index is 12.9. The molecule has 0 aromatic heterocycles. The zero-order valence-corrected chi connectivity index (χ0v) is 17.6. The number of rotatable bonds is 3. The maximum Gasteiger partial charge on any atom is 0.262 e. The van der Waals surface area contributed by atoms with Gasteiger partial charge in [0.2, 0.25) is 5.91 Å². The molecule has 0 atom stereocenters. The average molecular weight is 434 g/mol. The number of hydrogen-bond acceptors (Lipinski definition) is 6. The second kappa shape index (κ2) is 7.47. The number of carbonyl (C=O) groups excluding carboxylic acids is 4. The van der Waals surface area contributed by atoms with Crippen LogP contribution >= 0.6 is 0 Å². The van der Waals surface area contributed by atoms with E-state index < -0.39 is 17.4 Å². The van der Waals surface area contributed by atoms with E-state index in [1.54, 1.807) is 54.5 Å². The number of carbonyl (C=O) groups is 4. The quantitative estimate of drug-likeness (QED) is 0.689. The number of imide groups is 1. The summed E-state index contributed by atoms with van der Waals surface area (Å²) in [4.78, 5) is 53.3. The number of amides is 3. The van der Waals surface area contributed by atoms with Gasteiger partial charge in [-0.25, -0.2) is 0 Å². The van der Waals surface area contributed by atoms with Crippen LogP contribution < -0.4 is 9.47 Å². The van der Waals surface area contributed by atoms with E-state index in [0.717, 1.165) is 4.90 Å². The molecule has 1 saturated heterocycles. The van der Waals surface area contributed by atoms with Crippen LogP contribution in [0.2, 0.25) is 0 Å². The van der Waals surface area contributed by atoms with Crippen LogP contribution in [0.5, 0.6) is 11.5 Å². The Kier molecular flexibility index (Phi) is 4.73. The number of likely N-dealkylation sites (tertiary alicyclic amines) is 1. The van der Waals surface area contributed by atoms with Crippen LogP contribution in [0.25, 0.3) is 0 Å². The second-order valence-corrected chi connectivity index (χ2v) is 8.37. The Balaban J connectivity index is 1.25. The molecule has 5 rings (SSSR count). The van der Waals surface area contributed by atoms with Gasteiger partial charge in [0.1, 0.15) is 23.6 Å². The van der Waals surface area contributed by atoms with E-state index >= 15 is 0 Å². The summed E-state index contributed by atoms with van der Waals surface area (Å²) >= 11 is 0. The molecule has 0 radical (unpaired) electrons. The van der Waals surface area contributed by atoms with E-state index in [0.29, 0.717) is 54.1 Å². The zero-order valence-electron chi connectivity index (χ0n) is 17.6. The number of methoxy groups -OCH3 is 1. The SMILES string of the molecule is COc1ccc2c(c1)OC1(CCN(C(=O)CN3C(=O)c4ccccc4C3=O)CC1)CC2=O. The fourth-order valence-electron chi connectivity index (χ4n) is 4.66. The van der Waals surface area contributed by atoms with Crippen molar-refractivity contribution in [3.8, 4) is 11.5 Å². The van der Waals surface area contributed by atoms with Crippen LogP contribution in [0.3, 0.4) is 0 Å². The number of ether oxygens (including phenoxy) is 2. The fraction of sp³-hybridized carbons (Fsp3) is 0.333. The molecule has 3 aliphatic rings. The van der Waals surface area contributed by atoms with Crippen LogP contribution in [0.15, 0.2) is 42.5 Å². The zero-order chi connectivity index (χ0) is 22.5. The highest BCUT2D eigenvalue weighted by molar-refractivity contribution is 6.22. The van der Waals surface area contributed by atoms with Gasteiger partial charge in [-0.15, -0.1) is 0 Å². The first-order chi connectivity index (χ1) is 15.4. The summed E-state index contributed by atoms with van der Waals surface area (Å²) in [6, 6.07) is 11.7. The highest BCUT2D eigenvalue weighted by Crippen LogP contribution is 2.40. The molecule has 32 heavy (non-hydrogen) atoms. The minimum Gasteiger partial charge on any atom is -0.497 e. The van der Waals surface area contributed by atoms with Crippen molar-refractivity contribution in [1.82, 2.24) is 9.80 Å². The lowest BCUT2D eigenvalue weighted by molar-refractivity contribution is -0.135. The van der Waals surface area contributed by atoms with E-state index in [1.807, 2.05) is 0 Å². The third-order valence-electron chi connectivity index (χ3n) is 6.50. The van der Waals surface area contributed by atoms with Gasteiger partial charge in [-0.2, -0.15) is 0 Å². The largest absolute Gasteiger partial charge is 0.497 e. The highest BCUT2D eigenvalue weighted by atomic mass is 16.5. The van der Waals surface area contributed by atoms with Crippen LogP contribution in [-0.2, 0) is 4.79 Å². The molecule has 8 heteroatoms. The molecule has 0 bridgehead atoms. The van der Waals surface area contributed by atoms with Crippen molar-refractivity contribution in [2.75, 3.05) is 26.7 Å². The summed E-state index contributed by atoms with van der Waals surface area (Å²) in [7, 11) is 1.56. The molecule has 164 valence electrons. The van der Waals surface area contributed by atoms with Crippen molar-refractivity contribution in [2.24, 2.45) is 0 Å². The first-order valence-corrected chi connectivity index (χ1v) is 10.5. The van der Waals surface area contributed by atoms with Crippen molar-refractivity contribution < 1.29 is 28.7 Å². The molecule has 2 aromatic carbocycles. The molecule has 0 unspecified atom stereocenters. The summed E-state index contributed by atoms with van der Waals surface area (Å²) in [6.07, 6.45) is 1.24. The normalized spacial score (nSPS) is 19.0. The lowest BCUT2D eigenvalue weighted by atomic mass is 9.82. The van der Waals surface area contributed by atoms with Gasteiger partial charge in [0.05, 0.1) is 30.2 Å². The van der Waals surface area contributed by atoms with Gasteiger partial charge >= 0.3 is 0 Å². The van der Waals surface area contributed by atoms with E-state index in [4.69, 9.17) is 9.47 Å². The minimum atomic E-state index is -0.664. The Morgan fingerprint density at radius 2 is 1.66 bits per heavy atom. The summed E-state index contributed by atoms with van der Waals surface area (Å²) in [5.41, 5.74) is 0.528. The van der Waals surface area contributed by atoms with Crippen LogP contribution in [0.4, 0.5) is 0 Å². The predicted octanol–water partition coefficient (Wildman–Crippen LogP) is 2.32. The number of benzene rings is 2. The molecule has 0 aliphatic carbocycles. The molecular formula is C24H22N2O6. The van der Waals surface area contributed by atoms with Crippen molar-refractivity contribution >= 4 is 23.5 Å². The van der Waals surface area contributed by atoms with E-state index in [2.05, 4.69) is 0 Å². The lowest BCUT2D eigenvalue weighted by Crippen LogP contribution is -2.54. The van der Waals surface area contributed by atoms with Crippen LogP contribution in [-0.4, -0.2) is 65.6 Å². The second-order valence-electron chi connectivity index (χ2n) is 8.37. The van der Waals surface area contributed by atoms with Gasteiger partial charge in [-0.3, -0.25) is 24.1 Å². The Labute approximate surface area is 184 Å². The molecule has 1 spiro atoms. The molecule has 1 fully saturated rings. The summed E-state index contributed by atoms with van der Waals surface area (Å²) < 4.78 is 11.5. The van der Waals surface area contributed by atoms with Gasteiger partial charge in [0, 0.05) is 32.0 Å². The van der Waals surface area contributed by atoms with Gasteiger partial charge in [-0.05, 0) is 24.3 Å². The first kappa shape index (κ1) is 20.2. The van der Waals surface area contributed by atoms with E-state index in [-0.39, 0.29) is 24.7 Å². The van der Waals surface area contributed by atoms with E-state index in [9.17, 15) is 19.2 Å². The van der Waals surface area contributed by atoms with Crippen LogP contribution in [0.1, 0.15) is 50.3 Å². The minimum absolute atomic E-state index is 0.0136. The Morgan fingerprint density at radius 1 is 1.00 bits per heavy atom. The topological polar surface area (TPSA) is 93.2 Å². The molecule has 3 heterocycles. The molecule has 0 N–H and O–H groups in total. The van der Waals surface area contributed by atoms with Crippen molar-refractivity contribution in [1.29, 1.82) is 0 Å². The third kappa shape index (κ3) is 3.23. The van der Waals surface area contributed by atoms with E-state index in [1.165, 1.54) is 0 Å². The van der Waals surface area contributed by atoms with Gasteiger partial charge in [0.25, 0.3) is 11.8 Å². The van der Waals surface area contributed by atoms with Crippen molar-refractivity contribution in [2.45, 2.75) is 24.9 Å². The number of piperidine rings is 1. The number of nitrogens with zero attached hydrogens (tertiary/aromatic N) is 2. The Bertz CT molecular complexity index is 1110. The predicted molar refractivity (Wildman–Crippen MR) is 113 cm³/mol. The van der Waals surface area contributed by atoms with Gasteiger partial charge < -0.3 is 14.4 Å². The lowest BCUT2D eigenvalue weighted by Gasteiger charge is -2.44. The van der Waals surface area contributed by atoms with Crippen LogP contribution in [0, 0.1) is 0 Å². The number of hydrogen-bond donors (Lipinski definition) is 0. The Hall–Kier alpha value is -3.68. The molecule has 0 saturated carbocycles. The summed E-state index contributed by atoms with van der Waals surface area (Å²) in [5, 5.41) is 0. The smallest absolute Gasteiger partial charge is 0.262 e. The highest BCUT2D eigenvalue weighted by Gasteiger charge is 2.44. The molecule has 2 aromatic rings. The number of ketones is 1. The van der Waals surface area contributed by atoms with Crippen molar-refractivity contribution in [3.05, 3.63) is 59.2 Å². The Morgan fingerprint density at radius 3 is 2.28 bits per heavy atom. The third-order valence-corrected chi connectivity index (χ3v) is 6.50. The standard InChI is InChI=1S/C24H22N2O6/c1-31-15-6-7-18-19(27)13-24(32-20(18)12-15)8-10-25(11-9-24)21(28)14-26-22(29)16-4-2-3-5-17(16)23(26)30/h2-7,12H,8-11,13-14H2,1H3. The summed E-state index contributed by atoms with van der Waals surface area (Å²) in [6.45, 7) is 0.475. The maximum absolute atomic E-state index is 12.9.